The lowest BCUT2D eigenvalue weighted by atomic mass is 10.0. The third-order valence-electron chi connectivity index (χ3n) is 4.81. The molecular formula is C19H25FN4O. The second-order valence-corrected chi connectivity index (χ2v) is 6.65. The Hall–Kier alpha value is -2.21. The van der Waals surface area contributed by atoms with Gasteiger partial charge in [0.1, 0.15) is 0 Å². The maximum Gasteiger partial charge on any atom is 0.225 e. The van der Waals surface area contributed by atoms with Crippen LogP contribution in [0.5, 0.6) is 5.75 Å². The molecule has 0 bridgehead atoms. The van der Waals surface area contributed by atoms with Gasteiger partial charge in [0.15, 0.2) is 11.6 Å². The number of piperidine rings is 1. The fraction of sp³-hybridized carbons (Fsp3) is 0.474. The molecule has 1 aliphatic rings. The normalized spacial score (nSPS) is 16.0. The molecule has 3 rings (SSSR count). The number of hydrogen-bond donors (Lipinski definition) is 0. The highest BCUT2D eigenvalue weighted by molar-refractivity contribution is 5.31. The molecule has 2 heterocycles. The average Bonchev–Trinajstić information content (AvgIpc) is 2.63. The van der Waals surface area contributed by atoms with Crippen LogP contribution in [0, 0.1) is 12.7 Å². The molecule has 2 aromatic rings. The topological polar surface area (TPSA) is 41.5 Å². The Labute approximate surface area is 148 Å². The largest absolute Gasteiger partial charge is 0.494 e. The molecule has 6 heteroatoms. The van der Waals surface area contributed by atoms with Gasteiger partial charge >= 0.3 is 0 Å². The van der Waals surface area contributed by atoms with Gasteiger partial charge in [0.05, 0.1) is 7.11 Å². The number of halogens is 1. The molecule has 25 heavy (non-hydrogen) atoms. The molecule has 0 atom stereocenters. The summed E-state index contributed by atoms with van der Waals surface area (Å²) in [5.41, 5.74) is 2.05. The van der Waals surface area contributed by atoms with Crippen LogP contribution in [0.1, 0.15) is 24.0 Å². The van der Waals surface area contributed by atoms with E-state index in [0.717, 1.165) is 49.6 Å². The van der Waals surface area contributed by atoms with Crippen LogP contribution < -0.4 is 9.64 Å². The number of benzene rings is 1. The summed E-state index contributed by atoms with van der Waals surface area (Å²) in [6.45, 7) is 4.71. The third-order valence-corrected chi connectivity index (χ3v) is 4.81. The molecular weight excluding hydrogens is 319 g/mol. The number of anilines is 1. The molecule has 0 radical (unpaired) electrons. The predicted molar refractivity (Wildman–Crippen MR) is 96.4 cm³/mol. The Morgan fingerprint density at radius 2 is 1.92 bits per heavy atom. The van der Waals surface area contributed by atoms with Crippen molar-refractivity contribution in [1.82, 2.24) is 14.9 Å². The quantitative estimate of drug-likeness (QED) is 0.834. The first-order valence-corrected chi connectivity index (χ1v) is 8.63. The third kappa shape index (κ3) is 4.25. The smallest absolute Gasteiger partial charge is 0.225 e. The predicted octanol–water partition coefficient (Wildman–Crippen LogP) is 3.03. The lowest BCUT2D eigenvalue weighted by Gasteiger charge is -2.36. The second-order valence-electron chi connectivity index (χ2n) is 6.65. The Balaban J connectivity index is 1.54. The molecule has 0 saturated carbocycles. The number of aryl methyl sites for hydroxylation is 1. The Kier molecular flexibility index (Phi) is 5.48. The van der Waals surface area contributed by atoms with Gasteiger partial charge in [-0.25, -0.2) is 14.4 Å². The molecule has 0 unspecified atom stereocenters. The highest BCUT2D eigenvalue weighted by Gasteiger charge is 2.24. The average molecular weight is 344 g/mol. The molecule has 5 nitrogen and oxygen atoms in total. The van der Waals surface area contributed by atoms with E-state index in [9.17, 15) is 4.39 Å². The highest BCUT2D eigenvalue weighted by Crippen LogP contribution is 2.22. The zero-order valence-electron chi connectivity index (χ0n) is 15.1. The molecule has 0 amide bonds. The molecule has 0 N–H and O–H groups in total. The van der Waals surface area contributed by atoms with Crippen molar-refractivity contribution in [2.24, 2.45) is 0 Å². The van der Waals surface area contributed by atoms with Crippen molar-refractivity contribution in [1.29, 1.82) is 0 Å². The van der Waals surface area contributed by atoms with E-state index in [1.165, 1.54) is 7.11 Å². The summed E-state index contributed by atoms with van der Waals surface area (Å²) in [4.78, 5) is 13.4. The summed E-state index contributed by atoms with van der Waals surface area (Å²) < 4.78 is 18.8. The summed E-state index contributed by atoms with van der Waals surface area (Å²) in [6, 6.07) is 5.63. The van der Waals surface area contributed by atoms with E-state index in [1.807, 2.05) is 25.4 Å². The van der Waals surface area contributed by atoms with Crippen LogP contribution in [-0.2, 0) is 6.54 Å². The monoisotopic (exact) mass is 344 g/mol. The zero-order chi connectivity index (χ0) is 17.8. The maximum absolute atomic E-state index is 13.8. The van der Waals surface area contributed by atoms with Crippen LogP contribution in [0.2, 0.25) is 0 Å². The SMILES string of the molecule is COc1ccc(CN2CCC(N(C)c3ncc(C)cn3)CC2)cc1F. The summed E-state index contributed by atoms with van der Waals surface area (Å²) in [5, 5.41) is 0. The minimum atomic E-state index is -0.300. The van der Waals surface area contributed by atoms with Crippen molar-refractivity contribution in [2.45, 2.75) is 32.4 Å². The van der Waals surface area contributed by atoms with E-state index in [1.54, 1.807) is 12.1 Å². The molecule has 1 fully saturated rings. The van der Waals surface area contributed by atoms with Crippen molar-refractivity contribution >= 4 is 5.95 Å². The van der Waals surface area contributed by atoms with Crippen LogP contribution in [0.3, 0.4) is 0 Å². The van der Waals surface area contributed by atoms with Gasteiger partial charge in [-0.2, -0.15) is 0 Å². The zero-order valence-corrected chi connectivity index (χ0v) is 15.1. The number of likely N-dealkylation sites (tertiary alicyclic amines) is 1. The van der Waals surface area contributed by atoms with Gasteiger partial charge in [0.2, 0.25) is 5.95 Å². The number of aromatic nitrogens is 2. The van der Waals surface area contributed by atoms with E-state index in [2.05, 4.69) is 26.8 Å². The summed E-state index contributed by atoms with van der Waals surface area (Å²) in [7, 11) is 3.54. The van der Waals surface area contributed by atoms with E-state index >= 15 is 0 Å². The van der Waals surface area contributed by atoms with Gasteiger partial charge in [-0.05, 0) is 43.0 Å². The van der Waals surface area contributed by atoms with Crippen molar-refractivity contribution < 1.29 is 9.13 Å². The van der Waals surface area contributed by atoms with E-state index in [0.29, 0.717) is 11.8 Å². The highest BCUT2D eigenvalue weighted by atomic mass is 19.1. The number of hydrogen-bond acceptors (Lipinski definition) is 5. The Morgan fingerprint density at radius 1 is 1.24 bits per heavy atom. The van der Waals surface area contributed by atoms with Crippen molar-refractivity contribution in [3.8, 4) is 5.75 Å². The molecule has 1 saturated heterocycles. The van der Waals surface area contributed by atoms with Crippen LogP contribution in [-0.4, -0.2) is 48.2 Å². The Morgan fingerprint density at radius 3 is 2.52 bits per heavy atom. The van der Waals surface area contributed by atoms with Gasteiger partial charge < -0.3 is 9.64 Å². The second kappa shape index (κ2) is 7.78. The summed E-state index contributed by atoms with van der Waals surface area (Å²) in [5.74, 6) is 0.773. The van der Waals surface area contributed by atoms with Crippen molar-refractivity contribution in [3.63, 3.8) is 0 Å². The fourth-order valence-corrected chi connectivity index (χ4v) is 3.26. The molecule has 0 aliphatic carbocycles. The molecule has 134 valence electrons. The van der Waals surface area contributed by atoms with E-state index in [-0.39, 0.29) is 5.82 Å². The van der Waals surface area contributed by atoms with Gasteiger partial charge in [-0.15, -0.1) is 0 Å². The van der Waals surface area contributed by atoms with Crippen molar-refractivity contribution in [3.05, 3.63) is 47.5 Å². The maximum atomic E-state index is 13.8. The van der Waals surface area contributed by atoms with Gasteiger partial charge in [-0.1, -0.05) is 6.07 Å². The molecule has 1 aliphatic heterocycles. The lowest BCUT2D eigenvalue weighted by Crippen LogP contribution is -2.43. The summed E-state index contributed by atoms with van der Waals surface area (Å²) in [6.07, 6.45) is 5.80. The summed E-state index contributed by atoms with van der Waals surface area (Å²) >= 11 is 0. The number of ether oxygens (including phenoxy) is 1. The lowest BCUT2D eigenvalue weighted by molar-refractivity contribution is 0.202. The van der Waals surface area contributed by atoms with Gasteiger partial charge in [0, 0.05) is 45.1 Å². The first-order chi connectivity index (χ1) is 12.1. The van der Waals surface area contributed by atoms with Crippen LogP contribution in [0.25, 0.3) is 0 Å². The van der Waals surface area contributed by atoms with E-state index in [4.69, 9.17) is 4.74 Å². The van der Waals surface area contributed by atoms with Gasteiger partial charge in [0.25, 0.3) is 0 Å². The van der Waals surface area contributed by atoms with E-state index < -0.39 is 0 Å². The van der Waals surface area contributed by atoms with Crippen LogP contribution in [0.15, 0.2) is 30.6 Å². The first kappa shape index (κ1) is 17.6. The Bertz CT molecular complexity index is 699. The van der Waals surface area contributed by atoms with Gasteiger partial charge in [-0.3, -0.25) is 4.90 Å². The molecule has 0 spiro atoms. The minimum Gasteiger partial charge on any atom is -0.494 e. The molecule has 1 aromatic heterocycles. The van der Waals surface area contributed by atoms with Crippen LogP contribution >= 0.6 is 0 Å². The number of methoxy groups -OCH3 is 1. The minimum absolute atomic E-state index is 0.294. The van der Waals surface area contributed by atoms with Crippen molar-refractivity contribution in [2.75, 3.05) is 32.1 Å². The fourth-order valence-electron chi connectivity index (χ4n) is 3.26. The van der Waals surface area contributed by atoms with Crippen LogP contribution in [0.4, 0.5) is 10.3 Å². The number of rotatable bonds is 5. The standard InChI is InChI=1S/C19H25FN4O/c1-14-11-21-19(22-12-14)23(2)16-6-8-24(9-7-16)13-15-4-5-18(25-3)17(20)10-15/h4-5,10-12,16H,6-9,13H2,1-3H3. The first-order valence-electron chi connectivity index (χ1n) is 8.63. The number of nitrogens with zero attached hydrogens (tertiary/aromatic N) is 4. The molecule has 1 aromatic carbocycles.